The fourth-order valence-corrected chi connectivity index (χ4v) is 2.57. The number of piperidine rings is 1. The number of aryl methyl sites for hydroxylation is 1. The predicted molar refractivity (Wildman–Crippen MR) is 75.0 cm³/mol. The number of hydrogen-bond acceptors (Lipinski definition) is 3. The molecule has 1 N–H and O–H groups in total. The quantitative estimate of drug-likeness (QED) is 0.891. The first-order chi connectivity index (χ1) is 9.08. The zero-order chi connectivity index (χ0) is 13.8. The normalized spacial score (nSPS) is 16.8. The molecule has 106 valence electrons. The molecule has 0 atom stereocenters. The lowest BCUT2D eigenvalue weighted by Crippen LogP contribution is -2.42. The predicted octanol–water partition coefficient (Wildman–Crippen LogP) is 1.27. The number of carbonyl (C=O) groups excluding carboxylic acids is 1. The SMILES string of the molecule is CC(C)N(CC1CCNCC1)C(=O)c1cnn(C)c1. The van der Waals surface area contributed by atoms with Crippen LogP contribution >= 0.6 is 0 Å². The fourth-order valence-electron chi connectivity index (χ4n) is 2.57. The molecule has 1 amide bonds. The number of amides is 1. The molecule has 0 aliphatic carbocycles. The van der Waals surface area contributed by atoms with Gasteiger partial charge in [0.2, 0.25) is 0 Å². The smallest absolute Gasteiger partial charge is 0.257 e. The average Bonchev–Trinajstić information content (AvgIpc) is 2.83. The minimum Gasteiger partial charge on any atom is -0.336 e. The molecule has 19 heavy (non-hydrogen) atoms. The van der Waals surface area contributed by atoms with Crippen LogP contribution in [-0.4, -0.2) is 46.3 Å². The molecule has 5 heteroatoms. The Hall–Kier alpha value is -1.36. The highest BCUT2D eigenvalue weighted by molar-refractivity contribution is 5.93. The van der Waals surface area contributed by atoms with E-state index in [1.165, 1.54) is 0 Å². The van der Waals surface area contributed by atoms with Crippen molar-refractivity contribution in [1.29, 1.82) is 0 Å². The first kappa shape index (κ1) is 14.1. The summed E-state index contributed by atoms with van der Waals surface area (Å²) in [6.45, 7) is 7.15. The Morgan fingerprint density at radius 1 is 1.53 bits per heavy atom. The topological polar surface area (TPSA) is 50.2 Å². The van der Waals surface area contributed by atoms with E-state index >= 15 is 0 Å². The molecule has 0 unspecified atom stereocenters. The number of carbonyl (C=O) groups is 1. The Morgan fingerprint density at radius 3 is 2.74 bits per heavy atom. The third-order valence-corrected chi connectivity index (χ3v) is 3.75. The van der Waals surface area contributed by atoms with Gasteiger partial charge in [0, 0.05) is 25.8 Å². The third-order valence-electron chi connectivity index (χ3n) is 3.75. The molecule has 1 fully saturated rings. The van der Waals surface area contributed by atoms with Crippen molar-refractivity contribution in [3.8, 4) is 0 Å². The van der Waals surface area contributed by atoms with Gasteiger partial charge >= 0.3 is 0 Å². The van der Waals surface area contributed by atoms with Crippen molar-refractivity contribution < 1.29 is 4.79 Å². The monoisotopic (exact) mass is 264 g/mol. The molecule has 5 nitrogen and oxygen atoms in total. The molecule has 1 aromatic heterocycles. The Morgan fingerprint density at radius 2 is 2.21 bits per heavy atom. The molecule has 1 aliphatic rings. The lowest BCUT2D eigenvalue weighted by Gasteiger charge is -2.32. The van der Waals surface area contributed by atoms with Crippen molar-refractivity contribution in [3.63, 3.8) is 0 Å². The standard InChI is InChI=1S/C14H24N4O/c1-11(2)18(9-12-4-6-15-7-5-12)14(19)13-8-16-17(3)10-13/h8,10-12,15H,4-7,9H2,1-3H3. The van der Waals surface area contributed by atoms with E-state index in [9.17, 15) is 4.79 Å². The van der Waals surface area contributed by atoms with Gasteiger partial charge in [-0.1, -0.05) is 0 Å². The second-order valence-electron chi connectivity index (χ2n) is 5.65. The van der Waals surface area contributed by atoms with E-state index in [2.05, 4.69) is 24.3 Å². The summed E-state index contributed by atoms with van der Waals surface area (Å²) in [4.78, 5) is 14.5. The zero-order valence-electron chi connectivity index (χ0n) is 12.1. The molecule has 1 aromatic rings. The molecule has 1 aliphatic heterocycles. The van der Waals surface area contributed by atoms with Crippen LogP contribution in [0.2, 0.25) is 0 Å². The van der Waals surface area contributed by atoms with Crippen molar-refractivity contribution in [2.24, 2.45) is 13.0 Å². The number of nitrogens with one attached hydrogen (secondary N) is 1. The van der Waals surface area contributed by atoms with Crippen LogP contribution < -0.4 is 5.32 Å². The molecular formula is C14H24N4O. The summed E-state index contributed by atoms with van der Waals surface area (Å²) in [6.07, 6.45) is 5.76. The molecule has 0 radical (unpaired) electrons. The van der Waals surface area contributed by atoms with E-state index in [-0.39, 0.29) is 11.9 Å². The molecule has 0 aromatic carbocycles. The number of rotatable bonds is 4. The van der Waals surface area contributed by atoms with Crippen LogP contribution in [0.4, 0.5) is 0 Å². The summed E-state index contributed by atoms with van der Waals surface area (Å²) in [5.74, 6) is 0.714. The fraction of sp³-hybridized carbons (Fsp3) is 0.714. The highest BCUT2D eigenvalue weighted by Gasteiger charge is 2.24. The summed E-state index contributed by atoms with van der Waals surface area (Å²) >= 11 is 0. The van der Waals surface area contributed by atoms with Gasteiger partial charge in [-0.15, -0.1) is 0 Å². The highest BCUT2D eigenvalue weighted by Crippen LogP contribution is 2.17. The molecular weight excluding hydrogens is 240 g/mol. The van der Waals surface area contributed by atoms with Gasteiger partial charge in [0.25, 0.3) is 5.91 Å². The van der Waals surface area contributed by atoms with E-state index in [0.29, 0.717) is 11.5 Å². The van der Waals surface area contributed by atoms with Crippen molar-refractivity contribution in [2.75, 3.05) is 19.6 Å². The second-order valence-corrected chi connectivity index (χ2v) is 5.65. The van der Waals surface area contributed by atoms with Crippen molar-refractivity contribution in [2.45, 2.75) is 32.7 Å². The van der Waals surface area contributed by atoms with Crippen molar-refractivity contribution >= 4 is 5.91 Å². The van der Waals surface area contributed by atoms with E-state index in [1.807, 2.05) is 11.9 Å². The van der Waals surface area contributed by atoms with E-state index in [4.69, 9.17) is 0 Å². The summed E-state index contributed by atoms with van der Waals surface area (Å²) in [5, 5.41) is 7.45. The maximum Gasteiger partial charge on any atom is 0.257 e. The van der Waals surface area contributed by atoms with Gasteiger partial charge in [-0.2, -0.15) is 5.10 Å². The lowest BCUT2D eigenvalue weighted by atomic mass is 9.97. The Bertz CT molecular complexity index is 421. The van der Waals surface area contributed by atoms with Crippen molar-refractivity contribution in [3.05, 3.63) is 18.0 Å². The minimum atomic E-state index is 0.0987. The van der Waals surface area contributed by atoms with E-state index in [1.54, 1.807) is 17.1 Å². The van der Waals surface area contributed by atoms with Crippen LogP contribution in [-0.2, 0) is 7.05 Å². The van der Waals surface area contributed by atoms with E-state index in [0.717, 1.165) is 32.5 Å². The largest absolute Gasteiger partial charge is 0.336 e. The average molecular weight is 264 g/mol. The Balaban J connectivity index is 2.04. The van der Waals surface area contributed by atoms with Crippen LogP contribution in [0.15, 0.2) is 12.4 Å². The van der Waals surface area contributed by atoms with Crippen LogP contribution in [0, 0.1) is 5.92 Å². The summed E-state index contributed by atoms with van der Waals surface area (Å²) in [5.41, 5.74) is 0.685. The molecule has 2 heterocycles. The summed E-state index contributed by atoms with van der Waals surface area (Å²) in [7, 11) is 1.84. The van der Waals surface area contributed by atoms with Crippen LogP contribution in [0.25, 0.3) is 0 Å². The second kappa shape index (κ2) is 6.19. The van der Waals surface area contributed by atoms with Crippen LogP contribution in [0.1, 0.15) is 37.0 Å². The van der Waals surface area contributed by atoms with Gasteiger partial charge in [0.15, 0.2) is 0 Å². The van der Waals surface area contributed by atoms with Gasteiger partial charge in [0.05, 0.1) is 11.8 Å². The highest BCUT2D eigenvalue weighted by atomic mass is 16.2. The number of hydrogen-bond donors (Lipinski definition) is 1. The summed E-state index contributed by atoms with van der Waals surface area (Å²) in [6, 6.07) is 0.225. The molecule has 0 bridgehead atoms. The van der Waals surface area contributed by atoms with Crippen LogP contribution in [0.3, 0.4) is 0 Å². The maximum absolute atomic E-state index is 12.5. The number of aromatic nitrogens is 2. The Kier molecular flexibility index (Phi) is 4.58. The third kappa shape index (κ3) is 3.56. The van der Waals surface area contributed by atoms with Gasteiger partial charge in [-0.3, -0.25) is 9.48 Å². The van der Waals surface area contributed by atoms with Gasteiger partial charge in [-0.25, -0.2) is 0 Å². The van der Waals surface area contributed by atoms with Gasteiger partial charge < -0.3 is 10.2 Å². The Labute approximate surface area is 115 Å². The first-order valence-electron chi connectivity index (χ1n) is 7.08. The molecule has 2 rings (SSSR count). The van der Waals surface area contributed by atoms with Crippen LogP contribution in [0.5, 0.6) is 0 Å². The van der Waals surface area contributed by atoms with Crippen molar-refractivity contribution in [1.82, 2.24) is 20.0 Å². The van der Waals surface area contributed by atoms with Gasteiger partial charge in [-0.05, 0) is 45.7 Å². The van der Waals surface area contributed by atoms with E-state index < -0.39 is 0 Å². The summed E-state index contributed by atoms with van der Waals surface area (Å²) < 4.78 is 1.68. The molecule has 0 spiro atoms. The zero-order valence-corrected chi connectivity index (χ0v) is 12.1. The molecule has 1 saturated heterocycles. The number of nitrogens with zero attached hydrogens (tertiary/aromatic N) is 3. The first-order valence-corrected chi connectivity index (χ1v) is 7.08. The molecule has 0 saturated carbocycles. The maximum atomic E-state index is 12.5. The van der Waals surface area contributed by atoms with Gasteiger partial charge in [0.1, 0.15) is 0 Å². The lowest BCUT2D eigenvalue weighted by molar-refractivity contribution is 0.0658. The minimum absolute atomic E-state index is 0.0987.